The highest BCUT2D eigenvalue weighted by atomic mass is 35.5. The summed E-state index contributed by atoms with van der Waals surface area (Å²) in [7, 11) is 0. The van der Waals surface area contributed by atoms with Gasteiger partial charge in [0.05, 0.1) is 16.9 Å². The molecule has 0 saturated heterocycles. The van der Waals surface area contributed by atoms with Gasteiger partial charge in [0, 0.05) is 12.1 Å². The minimum atomic E-state index is -0.194. The summed E-state index contributed by atoms with van der Waals surface area (Å²) in [5, 5.41) is 0. The standard InChI is InChI=1S/C16H20ClFN2/c1-10-3-5-12(6-4-10)20-15-7-11(2)13(18)8-14(15)19-16(20)9-17/h7-8,10,12H,3-6,9H2,1-2H3. The summed E-state index contributed by atoms with van der Waals surface area (Å²) < 4.78 is 16.0. The summed E-state index contributed by atoms with van der Waals surface area (Å²) in [5.41, 5.74) is 2.42. The Labute approximate surface area is 123 Å². The van der Waals surface area contributed by atoms with Gasteiger partial charge in [-0.25, -0.2) is 9.37 Å². The van der Waals surface area contributed by atoms with Crippen molar-refractivity contribution in [3.8, 4) is 0 Å². The molecule has 20 heavy (non-hydrogen) atoms. The van der Waals surface area contributed by atoms with Crippen LogP contribution in [0.15, 0.2) is 12.1 Å². The Morgan fingerprint density at radius 3 is 2.65 bits per heavy atom. The number of fused-ring (bicyclic) bond motifs is 1. The van der Waals surface area contributed by atoms with Gasteiger partial charge in [0.25, 0.3) is 0 Å². The lowest BCUT2D eigenvalue weighted by Gasteiger charge is -2.28. The van der Waals surface area contributed by atoms with Crippen molar-refractivity contribution in [2.45, 2.75) is 51.5 Å². The fourth-order valence-electron chi connectivity index (χ4n) is 3.27. The number of nitrogens with zero attached hydrogens (tertiary/aromatic N) is 2. The van der Waals surface area contributed by atoms with E-state index in [2.05, 4.69) is 16.5 Å². The lowest BCUT2D eigenvalue weighted by Crippen LogP contribution is -2.18. The van der Waals surface area contributed by atoms with Crippen LogP contribution in [0.4, 0.5) is 4.39 Å². The van der Waals surface area contributed by atoms with Crippen molar-refractivity contribution < 1.29 is 4.39 Å². The van der Waals surface area contributed by atoms with Crippen LogP contribution in [-0.2, 0) is 5.88 Å². The zero-order chi connectivity index (χ0) is 14.3. The van der Waals surface area contributed by atoms with E-state index < -0.39 is 0 Å². The highest BCUT2D eigenvalue weighted by molar-refractivity contribution is 6.16. The average Bonchev–Trinajstić information content (AvgIpc) is 2.78. The Balaban J connectivity index is 2.10. The van der Waals surface area contributed by atoms with Gasteiger partial charge in [-0.1, -0.05) is 6.92 Å². The minimum absolute atomic E-state index is 0.194. The summed E-state index contributed by atoms with van der Waals surface area (Å²) in [6.07, 6.45) is 4.80. The van der Waals surface area contributed by atoms with E-state index in [1.807, 2.05) is 6.07 Å². The highest BCUT2D eigenvalue weighted by Crippen LogP contribution is 2.35. The number of aromatic nitrogens is 2. The van der Waals surface area contributed by atoms with Gasteiger partial charge in [-0.15, -0.1) is 11.6 Å². The molecule has 0 amide bonds. The predicted octanol–water partition coefficient (Wildman–Crippen LogP) is 4.97. The molecule has 1 fully saturated rings. The van der Waals surface area contributed by atoms with Gasteiger partial charge in [-0.05, 0) is 50.2 Å². The number of benzene rings is 1. The fraction of sp³-hybridized carbons (Fsp3) is 0.562. The van der Waals surface area contributed by atoms with Gasteiger partial charge in [0.2, 0.25) is 0 Å². The Kier molecular flexibility index (Phi) is 3.72. The third kappa shape index (κ3) is 2.32. The van der Waals surface area contributed by atoms with Crippen molar-refractivity contribution >= 4 is 22.6 Å². The van der Waals surface area contributed by atoms with Crippen LogP contribution in [-0.4, -0.2) is 9.55 Å². The molecule has 3 rings (SSSR count). The Morgan fingerprint density at radius 2 is 2.00 bits per heavy atom. The van der Waals surface area contributed by atoms with Crippen molar-refractivity contribution in [1.82, 2.24) is 9.55 Å². The second-order valence-electron chi connectivity index (χ2n) is 6.04. The summed E-state index contributed by atoms with van der Waals surface area (Å²) >= 11 is 6.05. The number of imidazole rings is 1. The van der Waals surface area contributed by atoms with Crippen molar-refractivity contribution in [3.05, 3.63) is 29.3 Å². The third-order valence-corrected chi connectivity index (χ3v) is 4.75. The molecule has 2 nitrogen and oxygen atoms in total. The molecule has 4 heteroatoms. The smallest absolute Gasteiger partial charge is 0.128 e. The van der Waals surface area contributed by atoms with Crippen LogP contribution in [0.1, 0.15) is 50.0 Å². The number of hydrogen-bond acceptors (Lipinski definition) is 1. The van der Waals surface area contributed by atoms with E-state index in [-0.39, 0.29) is 5.82 Å². The molecule has 108 valence electrons. The Bertz CT molecular complexity index is 627. The molecular weight excluding hydrogens is 275 g/mol. The first-order valence-electron chi connectivity index (χ1n) is 7.33. The molecule has 0 N–H and O–H groups in total. The highest BCUT2D eigenvalue weighted by Gasteiger charge is 2.24. The molecule has 0 spiro atoms. The van der Waals surface area contributed by atoms with Crippen LogP contribution in [0, 0.1) is 18.7 Å². The van der Waals surface area contributed by atoms with Gasteiger partial charge in [0.15, 0.2) is 0 Å². The van der Waals surface area contributed by atoms with E-state index in [0.717, 1.165) is 35.6 Å². The quantitative estimate of drug-likeness (QED) is 0.715. The maximum absolute atomic E-state index is 13.7. The first-order chi connectivity index (χ1) is 9.60. The normalized spacial score (nSPS) is 23.4. The van der Waals surface area contributed by atoms with Crippen LogP contribution >= 0.6 is 11.6 Å². The van der Waals surface area contributed by atoms with Crippen LogP contribution in [0.5, 0.6) is 0 Å². The lowest BCUT2D eigenvalue weighted by molar-refractivity contribution is 0.290. The number of alkyl halides is 1. The maximum atomic E-state index is 13.7. The van der Waals surface area contributed by atoms with Gasteiger partial charge in [0.1, 0.15) is 11.6 Å². The van der Waals surface area contributed by atoms with E-state index in [1.165, 1.54) is 18.9 Å². The van der Waals surface area contributed by atoms with E-state index in [1.54, 1.807) is 6.92 Å². The Morgan fingerprint density at radius 1 is 1.30 bits per heavy atom. The summed E-state index contributed by atoms with van der Waals surface area (Å²) in [5.74, 6) is 1.85. The SMILES string of the molecule is Cc1cc2c(cc1F)nc(CCl)n2C1CCC(C)CC1. The van der Waals surface area contributed by atoms with Crippen LogP contribution in [0.2, 0.25) is 0 Å². The molecule has 2 aromatic rings. The van der Waals surface area contributed by atoms with Gasteiger partial charge < -0.3 is 4.57 Å². The first kappa shape index (κ1) is 13.9. The van der Waals surface area contributed by atoms with Crippen molar-refractivity contribution in [3.63, 3.8) is 0 Å². The largest absolute Gasteiger partial charge is 0.324 e. The molecule has 1 saturated carbocycles. The van der Waals surface area contributed by atoms with Gasteiger partial charge >= 0.3 is 0 Å². The number of halogens is 2. The average molecular weight is 295 g/mol. The third-order valence-electron chi connectivity index (χ3n) is 4.51. The van der Waals surface area contributed by atoms with E-state index in [0.29, 0.717) is 17.5 Å². The second kappa shape index (κ2) is 5.36. The molecule has 0 aliphatic heterocycles. The van der Waals surface area contributed by atoms with Crippen molar-refractivity contribution in [2.75, 3.05) is 0 Å². The summed E-state index contributed by atoms with van der Waals surface area (Å²) in [4.78, 5) is 4.52. The molecule has 1 heterocycles. The van der Waals surface area contributed by atoms with Gasteiger partial charge in [-0.2, -0.15) is 0 Å². The number of rotatable bonds is 2. The van der Waals surface area contributed by atoms with Crippen LogP contribution < -0.4 is 0 Å². The maximum Gasteiger partial charge on any atom is 0.128 e. The van der Waals surface area contributed by atoms with Crippen LogP contribution in [0.3, 0.4) is 0 Å². The summed E-state index contributed by atoms with van der Waals surface area (Å²) in [6, 6.07) is 3.89. The predicted molar refractivity (Wildman–Crippen MR) is 80.7 cm³/mol. The molecular formula is C16H20ClFN2. The van der Waals surface area contributed by atoms with E-state index in [9.17, 15) is 4.39 Å². The zero-order valence-corrected chi connectivity index (χ0v) is 12.8. The molecule has 0 bridgehead atoms. The van der Waals surface area contributed by atoms with E-state index in [4.69, 9.17) is 11.6 Å². The zero-order valence-electron chi connectivity index (χ0n) is 12.0. The topological polar surface area (TPSA) is 17.8 Å². The molecule has 0 radical (unpaired) electrons. The summed E-state index contributed by atoms with van der Waals surface area (Å²) in [6.45, 7) is 4.11. The number of hydrogen-bond donors (Lipinski definition) is 0. The molecule has 1 aliphatic rings. The molecule has 0 unspecified atom stereocenters. The van der Waals surface area contributed by atoms with Crippen molar-refractivity contribution in [2.24, 2.45) is 5.92 Å². The monoisotopic (exact) mass is 294 g/mol. The minimum Gasteiger partial charge on any atom is -0.324 e. The van der Waals surface area contributed by atoms with Gasteiger partial charge in [-0.3, -0.25) is 0 Å². The lowest BCUT2D eigenvalue weighted by atomic mass is 9.87. The van der Waals surface area contributed by atoms with E-state index >= 15 is 0 Å². The Hall–Kier alpha value is -1.09. The molecule has 1 aromatic carbocycles. The van der Waals surface area contributed by atoms with Crippen LogP contribution in [0.25, 0.3) is 11.0 Å². The number of aryl methyl sites for hydroxylation is 1. The first-order valence-corrected chi connectivity index (χ1v) is 7.86. The van der Waals surface area contributed by atoms with Crippen molar-refractivity contribution in [1.29, 1.82) is 0 Å². The molecule has 1 aromatic heterocycles. The molecule has 0 atom stereocenters. The fourth-order valence-corrected chi connectivity index (χ4v) is 3.46. The second-order valence-corrected chi connectivity index (χ2v) is 6.30. The molecule has 1 aliphatic carbocycles.